The van der Waals surface area contributed by atoms with Crippen molar-refractivity contribution in [3.8, 4) is 0 Å². The molecule has 1 atom stereocenters. The van der Waals surface area contributed by atoms with Gasteiger partial charge in [0.05, 0.1) is 6.10 Å². The van der Waals surface area contributed by atoms with E-state index >= 15 is 0 Å². The summed E-state index contributed by atoms with van der Waals surface area (Å²) in [5.74, 6) is 0. The minimum Gasteiger partial charge on any atom is -0.387 e. The van der Waals surface area contributed by atoms with Crippen molar-refractivity contribution in [2.24, 2.45) is 0 Å². The molecular formula is C20H29Cl2NO. The Labute approximate surface area is 157 Å². The molecular weight excluding hydrogens is 341 g/mol. The molecule has 2 rings (SSSR count). The number of aliphatic hydroxyl groups is 1. The molecule has 24 heavy (non-hydrogen) atoms. The molecule has 2 aromatic rings. The summed E-state index contributed by atoms with van der Waals surface area (Å²) in [4.78, 5) is 2.40. The van der Waals surface area contributed by atoms with Crippen molar-refractivity contribution < 1.29 is 5.11 Å². The van der Waals surface area contributed by atoms with Gasteiger partial charge < -0.3 is 10.0 Å². The van der Waals surface area contributed by atoms with Crippen LogP contribution in [0.4, 0.5) is 0 Å². The predicted molar refractivity (Wildman–Crippen MR) is 107 cm³/mol. The number of fused-ring (bicyclic) bond motifs is 1. The molecule has 0 spiro atoms. The molecule has 2 nitrogen and oxygen atoms in total. The Balaban J connectivity index is 0.00000288. The molecule has 134 valence electrons. The lowest BCUT2D eigenvalue weighted by molar-refractivity contribution is 0.112. The third-order valence-electron chi connectivity index (χ3n) is 4.32. The normalized spacial score (nSPS) is 12.4. The van der Waals surface area contributed by atoms with Crippen LogP contribution in [0.2, 0.25) is 5.02 Å². The first kappa shape index (κ1) is 21.2. The Kier molecular flexibility index (Phi) is 9.68. The third-order valence-corrected chi connectivity index (χ3v) is 4.56. The quantitative estimate of drug-likeness (QED) is 0.598. The van der Waals surface area contributed by atoms with Gasteiger partial charge in [-0.1, -0.05) is 62.6 Å². The van der Waals surface area contributed by atoms with Gasteiger partial charge in [0.15, 0.2) is 0 Å². The lowest BCUT2D eigenvalue weighted by Gasteiger charge is -2.25. The largest absolute Gasteiger partial charge is 0.387 e. The number of unbranched alkanes of at least 4 members (excludes halogenated alkanes) is 2. The Bertz CT molecular complexity index is 610. The van der Waals surface area contributed by atoms with Crippen LogP contribution in [0.5, 0.6) is 0 Å². The first-order chi connectivity index (χ1) is 11.2. The summed E-state index contributed by atoms with van der Waals surface area (Å²) >= 11 is 6.08. The van der Waals surface area contributed by atoms with Crippen LogP contribution in [0.25, 0.3) is 10.8 Å². The summed E-state index contributed by atoms with van der Waals surface area (Å²) in [7, 11) is 0. The fourth-order valence-electron chi connectivity index (χ4n) is 2.97. The van der Waals surface area contributed by atoms with E-state index in [2.05, 4.69) is 18.7 Å². The molecule has 0 aliphatic rings. The van der Waals surface area contributed by atoms with Gasteiger partial charge in [-0.05, 0) is 54.4 Å². The monoisotopic (exact) mass is 369 g/mol. The summed E-state index contributed by atoms with van der Waals surface area (Å²) in [6.07, 6.45) is 4.27. The zero-order valence-corrected chi connectivity index (χ0v) is 16.2. The first-order valence-corrected chi connectivity index (χ1v) is 9.12. The van der Waals surface area contributed by atoms with E-state index in [-0.39, 0.29) is 12.4 Å². The van der Waals surface area contributed by atoms with Crippen LogP contribution in [-0.2, 0) is 0 Å². The second kappa shape index (κ2) is 10.9. The highest BCUT2D eigenvalue weighted by atomic mass is 35.5. The number of nitrogens with zero attached hydrogens (tertiary/aromatic N) is 1. The van der Waals surface area contributed by atoms with Gasteiger partial charge in [0.2, 0.25) is 0 Å². The van der Waals surface area contributed by atoms with Gasteiger partial charge in [-0.2, -0.15) is 0 Å². The van der Waals surface area contributed by atoms with E-state index in [0.717, 1.165) is 34.4 Å². The fraction of sp³-hybridized carbons (Fsp3) is 0.500. The third kappa shape index (κ3) is 5.93. The summed E-state index contributed by atoms with van der Waals surface area (Å²) in [6, 6.07) is 11.9. The Hall–Kier alpha value is -0.800. The highest BCUT2D eigenvalue weighted by Gasteiger charge is 2.15. The van der Waals surface area contributed by atoms with Gasteiger partial charge in [0.25, 0.3) is 0 Å². The number of benzene rings is 2. The van der Waals surface area contributed by atoms with Gasteiger partial charge in [-0.15, -0.1) is 12.4 Å². The molecule has 0 saturated heterocycles. The van der Waals surface area contributed by atoms with Crippen LogP contribution >= 0.6 is 24.0 Å². The van der Waals surface area contributed by atoms with Crippen molar-refractivity contribution >= 4 is 34.8 Å². The van der Waals surface area contributed by atoms with Crippen LogP contribution in [0.1, 0.15) is 51.2 Å². The maximum atomic E-state index is 10.8. The zero-order chi connectivity index (χ0) is 16.7. The van der Waals surface area contributed by atoms with Crippen LogP contribution in [0, 0.1) is 0 Å². The first-order valence-electron chi connectivity index (χ1n) is 8.74. The lowest BCUT2D eigenvalue weighted by atomic mass is 10.00. The SMILES string of the molecule is CCCCN(CCCC)CC(O)c1cccc2cc(Cl)ccc12.Cl. The van der Waals surface area contributed by atoms with Crippen LogP contribution < -0.4 is 0 Å². The van der Waals surface area contributed by atoms with E-state index in [4.69, 9.17) is 11.6 Å². The van der Waals surface area contributed by atoms with Gasteiger partial charge in [0, 0.05) is 11.6 Å². The standard InChI is InChI=1S/C20H28ClNO.ClH/c1-3-5-12-22(13-6-4-2)15-20(23)19-9-7-8-16-14-17(21)10-11-18(16)19;/h7-11,14,20,23H,3-6,12-13,15H2,1-2H3;1H. The van der Waals surface area contributed by atoms with Crippen LogP contribution in [0.15, 0.2) is 36.4 Å². The summed E-state index contributed by atoms with van der Waals surface area (Å²) in [5, 5.41) is 13.7. The van der Waals surface area contributed by atoms with Crippen molar-refractivity contribution in [3.63, 3.8) is 0 Å². The van der Waals surface area contributed by atoms with E-state index in [1.807, 2.05) is 36.4 Å². The van der Waals surface area contributed by atoms with Gasteiger partial charge in [-0.3, -0.25) is 0 Å². The molecule has 0 aliphatic carbocycles. The van der Waals surface area contributed by atoms with E-state index < -0.39 is 6.10 Å². The molecule has 1 N–H and O–H groups in total. The fourth-order valence-corrected chi connectivity index (χ4v) is 3.15. The Morgan fingerprint density at radius 2 is 1.71 bits per heavy atom. The number of rotatable bonds is 9. The van der Waals surface area contributed by atoms with Crippen molar-refractivity contribution in [3.05, 3.63) is 47.0 Å². The molecule has 0 bridgehead atoms. The molecule has 0 aromatic heterocycles. The van der Waals surface area contributed by atoms with Gasteiger partial charge >= 0.3 is 0 Å². The van der Waals surface area contributed by atoms with E-state index in [1.165, 1.54) is 25.7 Å². The molecule has 2 aromatic carbocycles. The van der Waals surface area contributed by atoms with Crippen LogP contribution in [-0.4, -0.2) is 29.6 Å². The highest BCUT2D eigenvalue weighted by molar-refractivity contribution is 6.31. The predicted octanol–water partition coefficient (Wildman–Crippen LogP) is 5.85. The van der Waals surface area contributed by atoms with Crippen molar-refractivity contribution in [1.82, 2.24) is 4.90 Å². The Morgan fingerprint density at radius 1 is 1.04 bits per heavy atom. The smallest absolute Gasteiger partial charge is 0.0922 e. The van der Waals surface area contributed by atoms with E-state index in [9.17, 15) is 5.11 Å². The second-order valence-electron chi connectivity index (χ2n) is 6.24. The van der Waals surface area contributed by atoms with Crippen molar-refractivity contribution in [2.45, 2.75) is 45.6 Å². The van der Waals surface area contributed by atoms with E-state index in [0.29, 0.717) is 6.54 Å². The summed E-state index contributed by atoms with van der Waals surface area (Å²) in [6.45, 7) is 7.24. The minimum atomic E-state index is -0.464. The number of halogens is 2. The molecule has 0 heterocycles. The number of hydrogen-bond donors (Lipinski definition) is 1. The van der Waals surface area contributed by atoms with Gasteiger partial charge in [0.1, 0.15) is 0 Å². The highest BCUT2D eigenvalue weighted by Crippen LogP contribution is 2.27. The van der Waals surface area contributed by atoms with Crippen molar-refractivity contribution in [1.29, 1.82) is 0 Å². The second-order valence-corrected chi connectivity index (χ2v) is 6.67. The zero-order valence-electron chi connectivity index (χ0n) is 14.7. The molecule has 1 unspecified atom stereocenters. The Morgan fingerprint density at radius 3 is 2.33 bits per heavy atom. The number of hydrogen-bond acceptors (Lipinski definition) is 2. The number of aliphatic hydroxyl groups excluding tert-OH is 1. The summed E-state index contributed by atoms with van der Waals surface area (Å²) < 4.78 is 0. The summed E-state index contributed by atoms with van der Waals surface area (Å²) in [5.41, 5.74) is 0.997. The molecule has 0 fully saturated rings. The van der Waals surface area contributed by atoms with Crippen molar-refractivity contribution in [2.75, 3.05) is 19.6 Å². The minimum absolute atomic E-state index is 0. The molecule has 0 radical (unpaired) electrons. The average molecular weight is 370 g/mol. The average Bonchev–Trinajstić information content (AvgIpc) is 2.56. The topological polar surface area (TPSA) is 23.5 Å². The van der Waals surface area contributed by atoms with Crippen LogP contribution in [0.3, 0.4) is 0 Å². The molecule has 4 heteroatoms. The maximum Gasteiger partial charge on any atom is 0.0922 e. The lowest BCUT2D eigenvalue weighted by Crippen LogP contribution is -2.30. The van der Waals surface area contributed by atoms with Gasteiger partial charge in [-0.25, -0.2) is 0 Å². The molecule has 0 aliphatic heterocycles. The molecule has 0 amide bonds. The molecule has 0 saturated carbocycles. The maximum absolute atomic E-state index is 10.8. The van der Waals surface area contributed by atoms with E-state index in [1.54, 1.807) is 0 Å².